The second-order valence-electron chi connectivity index (χ2n) is 5.32. The van der Waals surface area contributed by atoms with Crippen LogP contribution in [0.15, 0.2) is 53.6 Å². The van der Waals surface area contributed by atoms with Crippen molar-refractivity contribution in [2.45, 2.75) is 6.18 Å². The molecule has 0 spiro atoms. The average molecular weight is 345 g/mol. The standard InChI is InChI=1S/C16H10F3N5O/c17-16(18,19)11-4-2-1-3-9(11)10-5-7-20-14-13(10)15(25)23-24(14)12-6-8-21-22-12/h1-8H,(H,21,22)(H,23,25). The van der Waals surface area contributed by atoms with Gasteiger partial charge in [0, 0.05) is 17.8 Å². The maximum Gasteiger partial charge on any atom is 0.417 e. The molecule has 126 valence electrons. The van der Waals surface area contributed by atoms with E-state index in [4.69, 9.17) is 0 Å². The largest absolute Gasteiger partial charge is 0.417 e. The molecule has 3 aromatic heterocycles. The number of hydrogen-bond acceptors (Lipinski definition) is 3. The smallest absolute Gasteiger partial charge is 0.267 e. The first-order valence-corrected chi connectivity index (χ1v) is 7.23. The van der Waals surface area contributed by atoms with E-state index in [-0.39, 0.29) is 22.2 Å². The van der Waals surface area contributed by atoms with Crippen molar-refractivity contribution >= 4 is 11.0 Å². The minimum atomic E-state index is -4.54. The molecule has 2 N–H and O–H groups in total. The van der Waals surface area contributed by atoms with Crippen LogP contribution in [-0.4, -0.2) is 25.0 Å². The summed E-state index contributed by atoms with van der Waals surface area (Å²) in [6.45, 7) is 0. The van der Waals surface area contributed by atoms with E-state index < -0.39 is 17.3 Å². The number of halogens is 3. The molecule has 0 aliphatic carbocycles. The summed E-state index contributed by atoms with van der Waals surface area (Å²) in [6, 6.07) is 8.14. The Kier molecular flexibility index (Phi) is 3.24. The van der Waals surface area contributed by atoms with Crippen LogP contribution in [0.4, 0.5) is 13.2 Å². The number of pyridine rings is 1. The molecule has 0 bridgehead atoms. The number of fused-ring (bicyclic) bond motifs is 1. The van der Waals surface area contributed by atoms with Crippen molar-refractivity contribution in [3.05, 3.63) is 64.7 Å². The lowest BCUT2D eigenvalue weighted by Gasteiger charge is -2.13. The van der Waals surface area contributed by atoms with Crippen molar-refractivity contribution in [1.82, 2.24) is 25.0 Å². The van der Waals surface area contributed by atoms with E-state index in [1.165, 1.54) is 41.3 Å². The molecule has 25 heavy (non-hydrogen) atoms. The van der Waals surface area contributed by atoms with Crippen LogP contribution in [-0.2, 0) is 6.18 Å². The van der Waals surface area contributed by atoms with Crippen LogP contribution in [0.25, 0.3) is 28.0 Å². The molecule has 3 heterocycles. The molecule has 4 rings (SSSR count). The van der Waals surface area contributed by atoms with Crippen LogP contribution >= 0.6 is 0 Å². The number of nitrogens with one attached hydrogen (secondary N) is 2. The number of nitrogens with zero attached hydrogens (tertiary/aromatic N) is 3. The first kappa shape index (κ1) is 15.2. The summed E-state index contributed by atoms with van der Waals surface area (Å²) in [7, 11) is 0. The van der Waals surface area contributed by atoms with Crippen molar-refractivity contribution in [2.75, 3.05) is 0 Å². The number of aromatic amines is 2. The highest BCUT2D eigenvalue weighted by Gasteiger charge is 2.34. The summed E-state index contributed by atoms with van der Waals surface area (Å²) in [6.07, 6.45) is -1.68. The summed E-state index contributed by atoms with van der Waals surface area (Å²) >= 11 is 0. The predicted molar refractivity (Wildman–Crippen MR) is 84.3 cm³/mol. The van der Waals surface area contributed by atoms with E-state index in [2.05, 4.69) is 20.3 Å². The highest BCUT2D eigenvalue weighted by molar-refractivity contribution is 5.93. The fourth-order valence-corrected chi connectivity index (χ4v) is 2.79. The van der Waals surface area contributed by atoms with Gasteiger partial charge in [0.15, 0.2) is 5.65 Å². The van der Waals surface area contributed by atoms with Crippen LogP contribution in [0.3, 0.4) is 0 Å². The van der Waals surface area contributed by atoms with Gasteiger partial charge in [-0.1, -0.05) is 18.2 Å². The number of hydrogen-bond donors (Lipinski definition) is 2. The van der Waals surface area contributed by atoms with Gasteiger partial charge in [-0.05, 0) is 17.7 Å². The Morgan fingerprint density at radius 1 is 1.00 bits per heavy atom. The zero-order valence-electron chi connectivity index (χ0n) is 12.5. The summed E-state index contributed by atoms with van der Waals surface area (Å²) in [5.41, 5.74) is -1.04. The second-order valence-corrected chi connectivity index (χ2v) is 5.32. The summed E-state index contributed by atoms with van der Waals surface area (Å²) < 4.78 is 41.4. The number of benzene rings is 1. The van der Waals surface area contributed by atoms with Crippen LogP contribution in [0, 0.1) is 0 Å². The topological polar surface area (TPSA) is 79.4 Å². The first-order valence-electron chi connectivity index (χ1n) is 7.23. The summed E-state index contributed by atoms with van der Waals surface area (Å²) in [5, 5.41) is 9.12. The fraction of sp³-hybridized carbons (Fsp3) is 0.0625. The van der Waals surface area contributed by atoms with Gasteiger partial charge in [-0.15, -0.1) is 0 Å². The van der Waals surface area contributed by atoms with Crippen molar-refractivity contribution in [3.8, 4) is 16.9 Å². The van der Waals surface area contributed by atoms with E-state index in [9.17, 15) is 18.0 Å². The predicted octanol–water partition coefficient (Wildman–Crippen LogP) is 3.12. The molecule has 0 radical (unpaired) electrons. The Hall–Kier alpha value is -3.36. The molecule has 6 nitrogen and oxygen atoms in total. The SMILES string of the molecule is O=c1[nH]n(-c2ccn[nH]2)c2nccc(-c3ccccc3C(F)(F)F)c12. The van der Waals surface area contributed by atoms with Gasteiger partial charge in [0.1, 0.15) is 5.82 Å². The van der Waals surface area contributed by atoms with Gasteiger partial charge in [-0.2, -0.15) is 18.3 Å². The lowest BCUT2D eigenvalue weighted by atomic mass is 9.98. The maximum absolute atomic E-state index is 13.3. The van der Waals surface area contributed by atoms with Crippen LogP contribution in [0.1, 0.15) is 5.56 Å². The van der Waals surface area contributed by atoms with Gasteiger partial charge in [0.2, 0.25) is 0 Å². The Balaban J connectivity index is 2.05. The fourth-order valence-electron chi connectivity index (χ4n) is 2.79. The van der Waals surface area contributed by atoms with E-state index in [0.717, 1.165) is 6.07 Å². The molecule has 0 atom stereocenters. The van der Waals surface area contributed by atoms with Crippen molar-refractivity contribution in [3.63, 3.8) is 0 Å². The van der Waals surface area contributed by atoms with Crippen LogP contribution in [0.2, 0.25) is 0 Å². The lowest BCUT2D eigenvalue weighted by molar-refractivity contribution is -0.137. The van der Waals surface area contributed by atoms with Crippen LogP contribution in [0.5, 0.6) is 0 Å². The Labute approximate surface area is 137 Å². The van der Waals surface area contributed by atoms with Gasteiger partial charge in [-0.25, -0.2) is 9.67 Å². The van der Waals surface area contributed by atoms with E-state index >= 15 is 0 Å². The minimum absolute atomic E-state index is 0.0738. The zero-order valence-corrected chi connectivity index (χ0v) is 12.5. The van der Waals surface area contributed by atoms with Crippen molar-refractivity contribution < 1.29 is 13.2 Å². The van der Waals surface area contributed by atoms with Crippen molar-refractivity contribution in [1.29, 1.82) is 0 Å². The summed E-state index contributed by atoms with van der Waals surface area (Å²) in [5.74, 6) is 0.445. The zero-order chi connectivity index (χ0) is 17.6. The lowest BCUT2D eigenvalue weighted by Crippen LogP contribution is -2.08. The van der Waals surface area contributed by atoms with Gasteiger partial charge in [0.05, 0.1) is 17.1 Å². The molecular formula is C16H10F3N5O. The summed E-state index contributed by atoms with van der Waals surface area (Å²) in [4.78, 5) is 16.6. The quantitative estimate of drug-likeness (QED) is 0.586. The Morgan fingerprint density at radius 3 is 2.52 bits per heavy atom. The van der Waals surface area contributed by atoms with Crippen LogP contribution < -0.4 is 5.56 Å². The highest BCUT2D eigenvalue weighted by atomic mass is 19.4. The highest BCUT2D eigenvalue weighted by Crippen LogP contribution is 2.38. The molecule has 0 aliphatic heterocycles. The molecule has 0 amide bonds. The van der Waals surface area contributed by atoms with E-state index in [1.807, 2.05) is 0 Å². The molecule has 0 saturated heterocycles. The second kappa shape index (κ2) is 5.33. The number of alkyl halides is 3. The van der Waals surface area contributed by atoms with E-state index in [1.54, 1.807) is 6.07 Å². The number of rotatable bonds is 2. The molecule has 0 unspecified atom stereocenters. The average Bonchev–Trinajstić information content (AvgIpc) is 3.22. The van der Waals surface area contributed by atoms with Gasteiger partial charge in [0.25, 0.3) is 5.56 Å². The normalized spacial score (nSPS) is 12.0. The molecular weight excluding hydrogens is 335 g/mol. The Morgan fingerprint density at radius 2 is 1.80 bits per heavy atom. The van der Waals surface area contributed by atoms with Gasteiger partial charge >= 0.3 is 6.18 Å². The van der Waals surface area contributed by atoms with E-state index in [0.29, 0.717) is 5.82 Å². The minimum Gasteiger partial charge on any atom is -0.267 e. The third-order valence-corrected chi connectivity index (χ3v) is 3.83. The van der Waals surface area contributed by atoms with Gasteiger partial charge in [-0.3, -0.25) is 15.0 Å². The van der Waals surface area contributed by atoms with Crippen molar-refractivity contribution in [2.24, 2.45) is 0 Å². The third-order valence-electron chi connectivity index (χ3n) is 3.83. The Bertz CT molecular complexity index is 1110. The molecule has 0 saturated carbocycles. The number of aromatic nitrogens is 5. The third kappa shape index (κ3) is 2.40. The molecule has 0 fully saturated rings. The van der Waals surface area contributed by atoms with Gasteiger partial charge < -0.3 is 0 Å². The first-order chi connectivity index (χ1) is 12.0. The monoisotopic (exact) mass is 345 g/mol. The molecule has 0 aliphatic rings. The number of H-pyrrole nitrogens is 2. The molecule has 4 aromatic rings. The molecule has 1 aromatic carbocycles. The maximum atomic E-state index is 13.3. The molecule has 9 heteroatoms.